The molecule has 0 aliphatic carbocycles. The summed E-state index contributed by atoms with van der Waals surface area (Å²) in [5, 5.41) is 7.30. The Morgan fingerprint density at radius 2 is 1.88 bits per heavy atom. The normalized spacial score (nSPS) is 10.5. The second-order valence-electron chi connectivity index (χ2n) is 5.56. The SMILES string of the molecule is O=C(CCCOc1ccccc1)NCc1nc(-c2ccc(Cl)cc2)no1. The van der Waals surface area contributed by atoms with E-state index in [0.29, 0.717) is 36.2 Å². The van der Waals surface area contributed by atoms with Gasteiger partial charge in [-0.1, -0.05) is 35.0 Å². The van der Waals surface area contributed by atoms with Gasteiger partial charge in [-0.3, -0.25) is 4.79 Å². The molecule has 6 nitrogen and oxygen atoms in total. The van der Waals surface area contributed by atoms with Crippen molar-refractivity contribution in [3.05, 3.63) is 65.5 Å². The summed E-state index contributed by atoms with van der Waals surface area (Å²) in [6, 6.07) is 16.6. The van der Waals surface area contributed by atoms with Crippen molar-refractivity contribution >= 4 is 17.5 Å². The van der Waals surface area contributed by atoms with Crippen LogP contribution in [0.15, 0.2) is 59.1 Å². The van der Waals surface area contributed by atoms with Crippen molar-refractivity contribution < 1.29 is 14.1 Å². The summed E-state index contributed by atoms with van der Waals surface area (Å²) in [5.74, 6) is 1.52. The Kier molecular flexibility index (Phi) is 6.22. The van der Waals surface area contributed by atoms with Crippen LogP contribution in [0.5, 0.6) is 5.75 Å². The van der Waals surface area contributed by atoms with E-state index in [2.05, 4.69) is 15.5 Å². The maximum absolute atomic E-state index is 11.9. The summed E-state index contributed by atoms with van der Waals surface area (Å²) in [4.78, 5) is 16.1. The molecule has 0 aliphatic rings. The van der Waals surface area contributed by atoms with Gasteiger partial charge in [0.15, 0.2) is 0 Å². The third kappa shape index (κ3) is 5.32. The van der Waals surface area contributed by atoms with Gasteiger partial charge in [-0.15, -0.1) is 0 Å². The Labute approximate surface area is 156 Å². The van der Waals surface area contributed by atoms with Gasteiger partial charge in [0.25, 0.3) is 0 Å². The lowest BCUT2D eigenvalue weighted by Gasteiger charge is -2.05. The molecule has 0 fully saturated rings. The number of benzene rings is 2. The molecule has 1 heterocycles. The maximum atomic E-state index is 11.9. The van der Waals surface area contributed by atoms with Crippen LogP contribution in [0.25, 0.3) is 11.4 Å². The van der Waals surface area contributed by atoms with E-state index in [0.717, 1.165) is 11.3 Å². The number of nitrogens with zero attached hydrogens (tertiary/aromatic N) is 2. The number of ether oxygens (including phenoxy) is 1. The summed E-state index contributed by atoms with van der Waals surface area (Å²) in [7, 11) is 0. The molecule has 1 N–H and O–H groups in total. The zero-order valence-electron chi connectivity index (χ0n) is 14.0. The quantitative estimate of drug-likeness (QED) is 0.608. The summed E-state index contributed by atoms with van der Waals surface area (Å²) in [6.45, 7) is 0.678. The molecule has 134 valence electrons. The van der Waals surface area contributed by atoms with Crippen molar-refractivity contribution in [3.63, 3.8) is 0 Å². The molecular formula is C19H18ClN3O3. The summed E-state index contributed by atoms with van der Waals surface area (Å²) in [5.41, 5.74) is 0.800. The second kappa shape index (κ2) is 9.01. The molecule has 0 unspecified atom stereocenters. The van der Waals surface area contributed by atoms with Crippen LogP contribution in [-0.4, -0.2) is 22.7 Å². The van der Waals surface area contributed by atoms with E-state index in [1.165, 1.54) is 0 Å². The first-order valence-corrected chi connectivity index (χ1v) is 8.61. The lowest BCUT2D eigenvalue weighted by Crippen LogP contribution is -2.23. The molecular weight excluding hydrogens is 354 g/mol. The van der Waals surface area contributed by atoms with E-state index in [4.69, 9.17) is 20.9 Å². The first-order chi connectivity index (χ1) is 12.7. The minimum atomic E-state index is -0.0899. The Morgan fingerprint density at radius 3 is 2.65 bits per heavy atom. The molecule has 0 saturated heterocycles. The molecule has 0 aliphatic heterocycles. The number of carbonyl (C=O) groups excluding carboxylic acids is 1. The average Bonchev–Trinajstić information content (AvgIpc) is 3.14. The van der Waals surface area contributed by atoms with E-state index in [1.54, 1.807) is 12.1 Å². The largest absolute Gasteiger partial charge is 0.494 e. The molecule has 0 radical (unpaired) electrons. The van der Waals surface area contributed by atoms with Crippen LogP contribution >= 0.6 is 11.6 Å². The number of hydrogen-bond acceptors (Lipinski definition) is 5. The minimum absolute atomic E-state index is 0.0899. The van der Waals surface area contributed by atoms with Gasteiger partial charge in [-0.2, -0.15) is 4.98 Å². The van der Waals surface area contributed by atoms with Crippen molar-refractivity contribution in [2.45, 2.75) is 19.4 Å². The number of carbonyl (C=O) groups is 1. The van der Waals surface area contributed by atoms with Gasteiger partial charge in [0.2, 0.25) is 17.6 Å². The van der Waals surface area contributed by atoms with Gasteiger partial charge in [0.1, 0.15) is 5.75 Å². The fourth-order valence-electron chi connectivity index (χ4n) is 2.24. The topological polar surface area (TPSA) is 77.2 Å². The Balaban J connectivity index is 1.38. The van der Waals surface area contributed by atoms with Crippen molar-refractivity contribution in [2.75, 3.05) is 6.61 Å². The smallest absolute Gasteiger partial charge is 0.246 e. The van der Waals surface area contributed by atoms with Crippen molar-refractivity contribution in [2.24, 2.45) is 0 Å². The average molecular weight is 372 g/mol. The second-order valence-corrected chi connectivity index (χ2v) is 6.00. The maximum Gasteiger partial charge on any atom is 0.246 e. The van der Waals surface area contributed by atoms with Crippen molar-refractivity contribution in [1.82, 2.24) is 15.5 Å². The number of nitrogens with one attached hydrogen (secondary N) is 1. The van der Waals surface area contributed by atoms with Crippen LogP contribution in [0.3, 0.4) is 0 Å². The van der Waals surface area contributed by atoms with Crippen LogP contribution in [-0.2, 0) is 11.3 Å². The van der Waals surface area contributed by atoms with E-state index in [-0.39, 0.29) is 12.5 Å². The van der Waals surface area contributed by atoms with Crippen LogP contribution in [0.1, 0.15) is 18.7 Å². The first-order valence-electron chi connectivity index (χ1n) is 8.24. The van der Waals surface area contributed by atoms with E-state index < -0.39 is 0 Å². The number of hydrogen-bond donors (Lipinski definition) is 1. The summed E-state index contributed by atoms with van der Waals surface area (Å²) < 4.78 is 10.7. The zero-order chi connectivity index (χ0) is 18.2. The monoisotopic (exact) mass is 371 g/mol. The predicted octanol–water partition coefficient (Wildman–Crippen LogP) is 3.87. The number of para-hydroxylation sites is 1. The first kappa shape index (κ1) is 17.9. The Morgan fingerprint density at radius 1 is 1.12 bits per heavy atom. The number of rotatable bonds is 8. The third-order valence-electron chi connectivity index (χ3n) is 3.57. The lowest BCUT2D eigenvalue weighted by atomic mass is 10.2. The Hall–Kier alpha value is -2.86. The van der Waals surface area contributed by atoms with Gasteiger partial charge in [0.05, 0.1) is 13.2 Å². The number of halogens is 1. The molecule has 0 spiro atoms. The standard InChI is InChI=1S/C19H18ClN3O3/c20-15-10-8-14(9-11-15)19-22-18(26-23-19)13-21-17(24)7-4-12-25-16-5-2-1-3-6-16/h1-3,5-6,8-11H,4,7,12-13H2,(H,21,24). The molecule has 1 amide bonds. The molecule has 26 heavy (non-hydrogen) atoms. The van der Waals surface area contributed by atoms with Crippen LogP contribution in [0.2, 0.25) is 5.02 Å². The van der Waals surface area contributed by atoms with Crippen LogP contribution < -0.4 is 10.1 Å². The van der Waals surface area contributed by atoms with E-state index in [1.807, 2.05) is 42.5 Å². The molecule has 3 aromatic rings. The highest BCUT2D eigenvalue weighted by molar-refractivity contribution is 6.30. The van der Waals surface area contributed by atoms with E-state index >= 15 is 0 Å². The highest BCUT2D eigenvalue weighted by Crippen LogP contribution is 2.18. The van der Waals surface area contributed by atoms with Crippen LogP contribution in [0, 0.1) is 0 Å². The highest BCUT2D eigenvalue weighted by Gasteiger charge is 2.10. The summed E-state index contributed by atoms with van der Waals surface area (Å²) >= 11 is 5.86. The number of aromatic nitrogens is 2. The highest BCUT2D eigenvalue weighted by atomic mass is 35.5. The fourth-order valence-corrected chi connectivity index (χ4v) is 2.37. The van der Waals surface area contributed by atoms with Gasteiger partial charge in [0, 0.05) is 17.0 Å². The lowest BCUT2D eigenvalue weighted by molar-refractivity contribution is -0.121. The molecule has 2 aromatic carbocycles. The summed E-state index contributed by atoms with van der Waals surface area (Å²) in [6.07, 6.45) is 0.992. The molecule has 1 aromatic heterocycles. The van der Waals surface area contributed by atoms with Gasteiger partial charge < -0.3 is 14.6 Å². The minimum Gasteiger partial charge on any atom is -0.494 e. The molecule has 0 saturated carbocycles. The molecule has 7 heteroatoms. The van der Waals surface area contributed by atoms with E-state index in [9.17, 15) is 4.79 Å². The molecule has 0 bridgehead atoms. The van der Waals surface area contributed by atoms with Crippen molar-refractivity contribution in [3.8, 4) is 17.1 Å². The van der Waals surface area contributed by atoms with Gasteiger partial charge in [-0.05, 0) is 42.8 Å². The van der Waals surface area contributed by atoms with Crippen molar-refractivity contribution in [1.29, 1.82) is 0 Å². The van der Waals surface area contributed by atoms with Crippen LogP contribution in [0.4, 0.5) is 0 Å². The zero-order valence-corrected chi connectivity index (χ0v) is 14.8. The molecule has 0 atom stereocenters. The van der Waals surface area contributed by atoms with Gasteiger partial charge >= 0.3 is 0 Å². The number of amides is 1. The predicted molar refractivity (Wildman–Crippen MR) is 97.8 cm³/mol. The van der Waals surface area contributed by atoms with Gasteiger partial charge in [-0.25, -0.2) is 0 Å². The Bertz CT molecular complexity index is 835. The third-order valence-corrected chi connectivity index (χ3v) is 3.82. The fraction of sp³-hybridized carbons (Fsp3) is 0.211. The molecule has 3 rings (SSSR count).